The van der Waals surface area contributed by atoms with E-state index in [1.54, 1.807) is 24.3 Å². The standard InChI is InChI=1S/C15H19ClN4O2S.ClH/c1-9(2)6-12(17)14-19-20-15(22-14)23-8-13(21)18-11-5-3-4-10(16)7-11;/h3-5,7,9,12H,6,8,17H2,1-2H3,(H,18,21);1H. The van der Waals surface area contributed by atoms with Crippen LogP contribution in [0.4, 0.5) is 5.69 Å². The highest BCUT2D eigenvalue weighted by Gasteiger charge is 2.16. The summed E-state index contributed by atoms with van der Waals surface area (Å²) in [6.45, 7) is 4.15. The summed E-state index contributed by atoms with van der Waals surface area (Å²) in [5.74, 6) is 0.824. The lowest BCUT2D eigenvalue weighted by Gasteiger charge is -2.08. The lowest BCUT2D eigenvalue weighted by atomic mass is 10.1. The van der Waals surface area contributed by atoms with E-state index < -0.39 is 0 Å². The van der Waals surface area contributed by atoms with Crippen LogP contribution >= 0.6 is 35.8 Å². The Kier molecular flexibility index (Phi) is 8.55. The molecule has 0 aliphatic carbocycles. The van der Waals surface area contributed by atoms with Crippen LogP contribution in [0.5, 0.6) is 0 Å². The highest BCUT2D eigenvalue weighted by Crippen LogP contribution is 2.22. The van der Waals surface area contributed by atoms with Crippen molar-refractivity contribution in [3.05, 3.63) is 35.2 Å². The van der Waals surface area contributed by atoms with Crippen molar-refractivity contribution in [2.45, 2.75) is 31.5 Å². The number of hydrogen-bond donors (Lipinski definition) is 2. The molecule has 0 saturated carbocycles. The van der Waals surface area contributed by atoms with E-state index in [-0.39, 0.29) is 30.1 Å². The molecule has 24 heavy (non-hydrogen) atoms. The summed E-state index contributed by atoms with van der Waals surface area (Å²) in [6.07, 6.45) is 0.765. The molecule has 1 aromatic heterocycles. The molecule has 6 nitrogen and oxygen atoms in total. The first-order valence-electron chi connectivity index (χ1n) is 7.21. The van der Waals surface area contributed by atoms with Gasteiger partial charge in [-0.3, -0.25) is 4.79 Å². The number of thioether (sulfide) groups is 1. The van der Waals surface area contributed by atoms with Crippen LogP contribution in [0, 0.1) is 5.92 Å². The van der Waals surface area contributed by atoms with Crippen molar-refractivity contribution < 1.29 is 9.21 Å². The molecule has 0 radical (unpaired) electrons. The molecule has 0 saturated heterocycles. The molecule has 1 amide bonds. The largest absolute Gasteiger partial charge is 0.414 e. The fourth-order valence-electron chi connectivity index (χ4n) is 1.93. The lowest BCUT2D eigenvalue weighted by molar-refractivity contribution is -0.113. The van der Waals surface area contributed by atoms with Crippen LogP contribution in [0.25, 0.3) is 0 Å². The smallest absolute Gasteiger partial charge is 0.277 e. The molecule has 0 spiro atoms. The van der Waals surface area contributed by atoms with Gasteiger partial charge in [0.2, 0.25) is 11.8 Å². The molecular formula is C15H20Cl2N4O2S. The summed E-state index contributed by atoms with van der Waals surface area (Å²) in [7, 11) is 0. The number of hydrogen-bond acceptors (Lipinski definition) is 6. The molecule has 0 fully saturated rings. The number of anilines is 1. The van der Waals surface area contributed by atoms with Crippen LogP contribution in [0.1, 0.15) is 32.2 Å². The molecule has 0 aliphatic rings. The number of benzene rings is 1. The number of nitrogens with one attached hydrogen (secondary N) is 1. The highest BCUT2D eigenvalue weighted by molar-refractivity contribution is 7.99. The normalized spacial score (nSPS) is 11.9. The van der Waals surface area contributed by atoms with Crippen molar-refractivity contribution in [3.63, 3.8) is 0 Å². The highest BCUT2D eigenvalue weighted by atomic mass is 35.5. The third kappa shape index (κ3) is 6.68. The number of nitrogens with zero attached hydrogens (tertiary/aromatic N) is 2. The summed E-state index contributed by atoms with van der Waals surface area (Å²) in [5, 5.41) is 11.5. The molecular weight excluding hydrogens is 371 g/mol. The zero-order valence-electron chi connectivity index (χ0n) is 13.4. The van der Waals surface area contributed by atoms with E-state index in [0.717, 1.165) is 6.42 Å². The third-order valence-electron chi connectivity index (χ3n) is 2.90. The van der Waals surface area contributed by atoms with E-state index in [1.807, 2.05) is 0 Å². The van der Waals surface area contributed by atoms with E-state index in [2.05, 4.69) is 29.4 Å². The van der Waals surface area contributed by atoms with Crippen LogP contribution in [-0.4, -0.2) is 21.9 Å². The fourth-order valence-corrected chi connectivity index (χ4v) is 2.69. The van der Waals surface area contributed by atoms with Gasteiger partial charge in [0, 0.05) is 10.7 Å². The Labute approximate surface area is 156 Å². The molecule has 9 heteroatoms. The van der Waals surface area contributed by atoms with Crippen molar-refractivity contribution in [2.75, 3.05) is 11.1 Å². The van der Waals surface area contributed by atoms with E-state index in [0.29, 0.717) is 27.7 Å². The molecule has 1 unspecified atom stereocenters. The molecule has 0 aliphatic heterocycles. The van der Waals surface area contributed by atoms with Gasteiger partial charge in [-0.2, -0.15) is 0 Å². The second-order valence-corrected chi connectivity index (χ2v) is 6.85. The van der Waals surface area contributed by atoms with Crippen molar-refractivity contribution in [1.82, 2.24) is 10.2 Å². The zero-order chi connectivity index (χ0) is 16.8. The lowest BCUT2D eigenvalue weighted by Crippen LogP contribution is -2.14. The number of nitrogens with two attached hydrogens (primary N) is 1. The quantitative estimate of drug-likeness (QED) is 0.695. The van der Waals surface area contributed by atoms with E-state index in [4.69, 9.17) is 21.8 Å². The molecule has 3 N–H and O–H groups in total. The van der Waals surface area contributed by atoms with Gasteiger partial charge in [0.1, 0.15) is 0 Å². The molecule has 0 bridgehead atoms. The first kappa shape index (κ1) is 20.8. The number of rotatable bonds is 7. The molecule has 1 heterocycles. The molecule has 2 rings (SSSR count). The minimum absolute atomic E-state index is 0. The monoisotopic (exact) mass is 390 g/mol. The second kappa shape index (κ2) is 9.88. The number of carbonyl (C=O) groups is 1. The van der Waals surface area contributed by atoms with Gasteiger partial charge < -0.3 is 15.5 Å². The van der Waals surface area contributed by atoms with Gasteiger partial charge >= 0.3 is 0 Å². The van der Waals surface area contributed by atoms with Crippen LogP contribution in [0.15, 0.2) is 33.9 Å². The van der Waals surface area contributed by atoms with Crippen molar-refractivity contribution in [3.8, 4) is 0 Å². The Morgan fingerprint density at radius 1 is 1.42 bits per heavy atom. The number of amides is 1. The minimum atomic E-state index is -0.280. The topological polar surface area (TPSA) is 94.0 Å². The maximum atomic E-state index is 11.9. The predicted molar refractivity (Wildman–Crippen MR) is 98.7 cm³/mol. The number of halogens is 2. The van der Waals surface area contributed by atoms with Crippen LogP contribution in [0.2, 0.25) is 5.02 Å². The average molecular weight is 391 g/mol. The fraction of sp³-hybridized carbons (Fsp3) is 0.400. The van der Waals surface area contributed by atoms with Crippen molar-refractivity contribution in [1.29, 1.82) is 0 Å². The minimum Gasteiger partial charge on any atom is -0.414 e. The second-order valence-electron chi connectivity index (χ2n) is 5.49. The Morgan fingerprint density at radius 2 is 2.17 bits per heavy atom. The van der Waals surface area contributed by atoms with E-state index in [1.165, 1.54) is 11.8 Å². The first-order chi connectivity index (χ1) is 10.9. The van der Waals surface area contributed by atoms with Gasteiger partial charge in [-0.25, -0.2) is 0 Å². The van der Waals surface area contributed by atoms with Crippen LogP contribution in [-0.2, 0) is 4.79 Å². The maximum absolute atomic E-state index is 11.9. The maximum Gasteiger partial charge on any atom is 0.277 e. The number of carbonyl (C=O) groups excluding carboxylic acids is 1. The van der Waals surface area contributed by atoms with E-state index in [9.17, 15) is 4.79 Å². The SMILES string of the molecule is CC(C)CC(N)c1nnc(SCC(=O)Nc2cccc(Cl)c2)o1.Cl. The molecule has 1 aromatic carbocycles. The predicted octanol–water partition coefficient (Wildman–Crippen LogP) is 3.92. The summed E-state index contributed by atoms with van der Waals surface area (Å²) >= 11 is 7.04. The third-order valence-corrected chi connectivity index (χ3v) is 3.95. The van der Waals surface area contributed by atoms with Gasteiger partial charge in [0.05, 0.1) is 11.8 Å². The Bertz CT molecular complexity index is 666. The van der Waals surface area contributed by atoms with Crippen LogP contribution in [0.3, 0.4) is 0 Å². The Balaban J connectivity index is 0.00000288. The molecule has 132 valence electrons. The summed E-state index contributed by atoms with van der Waals surface area (Å²) in [6, 6.07) is 6.68. The molecule has 2 aromatic rings. The Hall–Kier alpha value is -1.28. The van der Waals surface area contributed by atoms with Gasteiger partial charge in [-0.1, -0.05) is 43.3 Å². The molecule has 1 atom stereocenters. The number of aromatic nitrogens is 2. The average Bonchev–Trinajstić information content (AvgIpc) is 2.93. The summed E-state index contributed by atoms with van der Waals surface area (Å²) in [5.41, 5.74) is 6.63. The van der Waals surface area contributed by atoms with Crippen molar-refractivity contribution >= 4 is 47.4 Å². The van der Waals surface area contributed by atoms with Gasteiger partial charge in [0.25, 0.3) is 5.22 Å². The summed E-state index contributed by atoms with van der Waals surface area (Å²) in [4.78, 5) is 11.9. The zero-order valence-corrected chi connectivity index (χ0v) is 15.7. The first-order valence-corrected chi connectivity index (χ1v) is 8.57. The van der Waals surface area contributed by atoms with Crippen LogP contribution < -0.4 is 11.1 Å². The Morgan fingerprint density at radius 3 is 2.83 bits per heavy atom. The van der Waals surface area contributed by atoms with Gasteiger partial charge in [-0.15, -0.1) is 22.6 Å². The summed E-state index contributed by atoms with van der Waals surface area (Å²) < 4.78 is 5.48. The van der Waals surface area contributed by atoms with Gasteiger partial charge in [-0.05, 0) is 30.5 Å². The van der Waals surface area contributed by atoms with Crippen molar-refractivity contribution in [2.24, 2.45) is 11.7 Å². The van der Waals surface area contributed by atoms with E-state index >= 15 is 0 Å². The van der Waals surface area contributed by atoms with Gasteiger partial charge in [0.15, 0.2) is 0 Å².